The summed E-state index contributed by atoms with van der Waals surface area (Å²) in [6, 6.07) is 14.1. The Morgan fingerprint density at radius 2 is 1.46 bits per heavy atom. The van der Waals surface area contributed by atoms with Crippen LogP contribution in [0.15, 0.2) is 97.0 Å². The quantitative estimate of drug-likeness (QED) is 0.0962. The SMILES string of the molecule is CC(=O)Nc1ccc2c(O)c(N=Nc3ccc(N=Nc4cccc(S(=O)(=O)O)c4)cc3O)c(S(=O)(=O)O)cc2c1.[Cu]. The zero-order valence-corrected chi connectivity index (χ0v) is 23.2. The maximum atomic E-state index is 12.1. The molecule has 0 atom stereocenters. The van der Waals surface area contributed by atoms with Gasteiger partial charge in [0.2, 0.25) is 5.91 Å². The standard InChI is InChI=1S/C24H19N5O9S2.Cu/c1-13(30)25-15-5-7-19-14(9-15)10-22(40(36,37)38)23(24(19)32)29-28-20-8-6-17(12-21(20)31)27-26-16-3-2-4-18(11-16)39(33,34)35;/h2-12,31-32H,1H3,(H,25,30)(H,33,34,35)(H,36,37,38);. The van der Waals surface area contributed by atoms with Crippen molar-refractivity contribution in [1.29, 1.82) is 0 Å². The zero-order chi connectivity index (χ0) is 29.2. The van der Waals surface area contributed by atoms with Crippen LogP contribution in [-0.2, 0) is 42.1 Å². The summed E-state index contributed by atoms with van der Waals surface area (Å²) in [5, 5.41) is 39.2. The van der Waals surface area contributed by atoms with Gasteiger partial charge in [0.05, 0.1) is 16.3 Å². The van der Waals surface area contributed by atoms with Gasteiger partial charge in [0.1, 0.15) is 22.0 Å². The summed E-state index contributed by atoms with van der Waals surface area (Å²) in [7, 11) is -9.33. The van der Waals surface area contributed by atoms with E-state index in [0.717, 1.165) is 18.2 Å². The van der Waals surface area contributed by atoms with Gasteiger partial charge in [-0.3, -0.25) is 13.9 Å². The van der Waals surface area contributed by atoms with Crippen LogP contribution in [-0.4, -0.2) is 42.1 Å². The molecule has 5 N–H and O–H groups in total. The van der Waals surface area contributed by atoms with Crippen LogP contribution in [0.5, 0.6) is 11.5 Å². The first-order valence-electron chi connectivity index (χ1n) is 11.0. The first-order valence-corrected chi connectivity index (χ1v) is 13.9. The first-order chi connectivity index (χ1) is 18.7. The molecular formula is C24H19CuN5O9S2. The van der Waals surface area contributed by atoms with Crippen molar-refractivity contribution in [2.24, 2.45) is 20.5 Å². The van der Waals surface area contributed by atoms with E-state index in [2.05, 4.69) is 25.8 Å². The smallest absolute Gasteiger partial charge is 0.296 e. The molecule has 0 aliphatic carbocycles. The number of phenols is 2. The molecule has 4 rings (SSSR count). The average Bonchev–Trinajstić information content (AvgIpc) is 2.86. The second kappa shape index (κ2) is 12.1. The Kier molecular flexibility index (Phi) is 9.23. The van der Waals surface area contributed by atoms with Crippen molar-refractivity contribution in [2.45, 2.75) is 16.7 Å². The number of hydrogen-bond donors (Lipinski definition) is 5. The second-order valence-corrected chi connectivity index (χ2v) is 11.0. The monoisotopic (exact) mass is 648 g/mol. The third-order valence-electron chi connectivity index (χ3n) is 5.26. The molecule has 1 radical (unpaired) electrons. The van der Waals surface area contributed by atoms with E-state index in [1.807, 2.05) is 0 Å². The van der Waals surface area contributed by atoms with E-state index in [0.29, 0.717) is 5.69 Å². The predicted molar refractivity (Wildman–Crippen MR) is 142 cm³/mol. The minimum Gasteiger partial charge on any atom is -0.506 e. The van der Waals surface area contributed by atoms with Gasteiger partial charge in [-0.25, -0.2) is 0 Å². The summed E-state index contributed by atoms with van der Waals surface area (Å²) in [5.41, 5.74) is -0.204. The molecule has 0 bridgehead atoms. The van der Waals surface area contributed by atoms with Crippen molar-refractivity contribution < 1.29 is 58.0 Å². The minimum absolute atomic E-state index is 0. The van der Waals surface area contributed by atoms with Gasteiger partial charge in [-0.2, -0.15) is 27.1 Å². The van der Waals surface area contributed by atoms with Crippen LogP contribution in [0.2, 0.25) is 0 Å². The molecule has 17 heteroatoms. The Hall–Kier alpha value is -4.25. The Morgan fingerprint density at radius 1 is 0.780 bits per heavy atom. The summed E-state index contributed by atoms with van der Waals surface area (Å²) in [6.45, 7) is 1.28. The molecule has 0 saturated carbocycles. The number of carbonyl (C=O) groups is 1. The van der Waals surface area contributed by atoms with Crippen molar-refractivity contribution >= 4 is 65.4 Å². The number of azo groups is 2. The average molecular weight is 649 g/mol. The summed E-state index contributed by atoms with van der Waals surface area (Å²) in [5.74, 6) is -1.46. The number of amides is 1. The summed E-state index contributed by atoms with van der Waals surface area (Å²) >= 11 is 0. The van der Waals surface area contributed by atoms with E-state index in [-0.39, 0.29) is 55.7 Å². The van der Waals surface area contributed by atoms with E-state index in [4.69, 9.17) is 4.55 Å². The molecule has 41 heavy (non-hydrogen) atoms. The van der Waals surface area contributed by atoms with Crippen molar-refractivity contribution in [1.82, 2.24) is 0 Å². The maximum absolute atomic E-state index is 12.1. The number of aromatic hydroxyl groups is 2. The van der Waals surface area contributed by atoms with E-state index in [9.17, 15) is 36.4 Å². The summed E-state index contributed by atoms with van der Waals surface area (Å²) < 4.78 is 65.5. The number of fused-ring (bicyclic) bond motifs is 1. The topological polar surface area (TPSA) is 228 Å². The molecule has 0 aromatic heterocycles. The molecule has 1 amide bonds. The fraction of sp³-hybridized carbons (Fsp3) is 0.0417. The normalized spacial score (nSPS) is 12.1. The van der Waals surface area contributed by atoms with Gasteiger partial charge in [-0.1, -0.05) is 6.07 Å². The summed E-state index contributed by atoms with van der Waals surface area (Å²) in [4.78, 5) is 10.2. The molecular weight excluding hydrogens is 630 g/mol. The number of rotatable bonds is 7. The van der Waals surface area contributed by atoms with Gasteiger partial charge in [0.15, 0.2) is 5.75 Å². The molecule has 0 spiro atoms. The van der Waals surface area contributed by atoms with Gasteiger partial charge in [-0.05, 0) is 60.0 Å². The van der Waals surface area contributed by atoms with Crippen molar-refractivity contribution in [2.75, 3.05) is 5.32 Å². The van der Waals surface area contributed by atoms with Gasteiger partial charge in [-0.15, -0.1) is 10.2 Å². The van der Waals surface area contributed by atoms with Crippen LogP contribution in [0.4, 0.5) is 28.4 Å². The third-order valence-corrected chi connectivity index (χ3v) is 6.98. The minimum atomic E-state index is -4.89. The van der Waals surface area contributed by atoms with E-state index >= 15 is 0 Å². The molecule has 0 aliphatic heterocycles. The van der Waals surface area contributed by atoms with Gasteiger partial charge >= 0.3 is 0 Å². The fourth-order valence-electron chi connectivity index (χ4n) is 3.51. The van der Waals surface area contributed by atoms with Crippen LogP contribution in [0, 0.1) is 0 Å². The number of hydrogen-bond acceptors (Lipinski definition) is 11. The number of nitrogens with one attached hydrogen (secondary N) is 1. The van der Waals surface area contributed by atoms with Crippen molar-refractivity contribution in [3.63, 3.8) is 0 Å². The number of nitrogens with zero attached hydrogens (tertiary/aromatic N) is 4. The fourth-order valence-corrected chi connectivity index (χ4v) is 4.69. The number of anilines is 1. The van der Waals surface area contributed by atoms with Gasteiger partial charge < -0.3 is 15.5 Å². The first kappa shape index (κ1) is 31.3. The van der Waals surface area contributed by atoms with Gasteiger partial charge in [0.25, 0.3) is 20.2 Å². The van der Waals surface area contributed by atoms with Crippen LogP contribution in [0.25, 0.3) is 10.8 Å². The number of benzene rings is 4. The van der Waals surface area contributed by atoms with Crippen LogP contribution in [0.3, 0.4) is 0 Å². The van der Waals surface area contributed by atoms with E-state index in [1.165, 1.54) is 55.5 Å². The number of phenolic OH excluding ortho intramolecular Hbond substituents is 2. The third kappa shape index (κ3) is 7.49. The second-order valence-electron chi connectivity index (χ2n) is 8.21. The molecule has 0 fully saturated rings. The van der Waals surface area contributed by atoms with Crippen LogP contribution < -0.4 is 5.32 Å². The molecule has 4 aromatic rings. The number of carbonyl (C=O) groups excluding carboxylic acids is 1. The largest absolute Gasteiger partial charge is 0.506 e. The van der Waals surface area contributed by atoms with Crippen molar-refractivity contribution in [3.8, 4) is 11.5 Å². The molecule has 0 aliphatic rings. The molecule has 14 nitrogen and oxygen atoms in total. The Balaban J connectivity index is 0.00000462. The van der Waals surface area contributed by atoms with Crippen molar-refractivity contribution in [3.05, 3.63) is 66.7 Å². The molecule has 4 aromatic carbocycles. The predicted octanol–water partition coefficient (Wildman–Crippen LogP) is 5.53. The van der Waals surface area contributed by atoms with Gasteiger partial charge in [0, 0.05) is 41.1 Å². The van der Waals surface area contributed by atoms with Crippen LogP contribution >= 0.6 is 0 Å². The Bertz CT molecular complexity index is 1950. The summed E-state index contributed by atoms with van der Waals surface area (Å²) in [6.07, 6.45) is 0. The molecule has 217 valence electrons. The zero-order valence-electron chi connectivity index (χ0n) is 20.6. The maximum Gasteiger partial charge on any atom is 0.296 e. The van der Waals surface area contributed by atoms with E-state index < -0.39 is 42.3 Å². The molecule has 0 saturated heterocycles. The van der Waals surface area contributed by atoms with Crippen LogP contribution in [0.1, 0.15) is 6.92 Å². The van der Waals surface area contributed by atoms with E-state index in [1.54, 1.807) is 0 Å². The Morgan fingerprint density at radius 3 is 2.07 bits per heavy atom. The molecule has 0 unspecified atom stereocenters. The Labute approximate surface area is 243 Å². The molecule has 0 heterocycles.